The highest BCUT2D eigenvalue weighted by Gasteiger charge is 2.22. The summed E-state index contributed by atoms with van der Waals surface area (Å²) >= 11 is 6.29. The van der Waals surface area contributed by atoms with E-state index in [2.05, 4.69) is 15.3 Å². The van der Waals surface area contributed by atoms with E-state index in [9.17, 15) is 9.59 Å². The van der Waals surface area contributed by atoms with Gasteiger partial charge >= 0.3 is 0 Å². The molecule has 2 saturated heterocycles. The molecule has 1 aromatic carbocycles. The lowest BCUT2D eigenvalue weighted by molar-refractivity contribution is 0.0303. The molecular formula is C21H26ClN7O3. The predicted molar refractivity (Wildman–Crippen MR) is 121 cm³/mol. The van der Waals surface area contributed by atoms with E-state index in [1.54, 1.807) is 23.1 Å². The monoisotopic (exact) mass is 459 g/mol. The average molecular weight is 460 g/mol. The molecule has 0 spiro atoms. The molecule has 0 unspecified atom stereocenters. The number of carbonyl (C=O) groups is 2. The van der Waals surface area contributed by atoms with E-state index >= 15 is 0 Å². The molecule has 4 rings (SSSR count). The van der Waals surface area contributed by atoms with Crippen molar-refractivity contribution in [1.82, 2.24) is 14.9 Å². The zero-order valence-corrected chi connectivity index (χ0v) is 18.3. The zero-order chi connectivity index (χ0) is 22.7. The summed E-state index contributed by atoms with van der Waals surface area (Å²) in [6, 6.07) is 4.98. The van der Waals surface area contributed by atoms with Crippen LogP contribution in [0.5, 0.6) is 0 Å². The molecule has 0 saturated carbocycles. The molecule has 11 heteroatoms. The van der Waals surface area contributed by atoms with Gasteiger partial charge in [-0.2, -0.15) is 4.98 Å². The first-order valence-corrected chi connectivity index (χ1v) is 10.9. The molecule has 1 atom stereocenters. The van der Waals surface area contributed by atoms with E-state index in [4.69, 9.17) is 27.8 Å². The van der Waals surface area contributed by atoms with Crippen molar-refractivity contribution < 1.29 is 14.3 Å². The van der Waals surface area contributed by atoms with Gasteiger partial charge in [-0.3, -0.25) is 9.59 Å². The Balaban J connectivity index is 1.62. The number of piperidine rings is 1. The van der Waals surface area contributed by atoms with Gasteiger partial charge in [0.15, 0.2) is 0 Å². The topological polar surface area (TPSA) is 140 Å². The van der Waals surface area contributed by atoms with Crippen LogP contribution in [0.4, 0.5) is 17.5 Å². The standard InChI is InChI=1S/C21H26ClN7O3/c22-14-8-13(20(31)28-4-6-32-7-5-28)9-16(10-14)26-19-17(18(24)30)11-25-21(27-19)29-3-1-2-15(23)12-29/h8-11,15H,1-7,12,23H2,(H2,24,30)(H,25,26,27)/t15-/m0/s1. The number of halogens is 1. The van der Waals surface area contributed by atoms with Crippen LogP contribution in [0.15, 0.2) is 24.4 Å². The van der Waals surface area contributed by atoms with Gasteiger partial charge in [-0.25, -0.2) is 4.98 Å². The largest absolute Gasteiger partial charge is 0.378 e. The van der Waals surface area contributed by atoms with Crippen LogP contribution < -0.4 is 21.7 Å². The Kier molecular flexibility index (Phi) is 6.73. The molecule has 0 radical (unpaired) electrons. The Labute approximate surface area is 190 Å². The number of carbonyl (C=O) groups excluding carboxylic acids is 2. The number of hydrogen-bond acceptors (Lipinski definition) is 8. The van der Waals surface area contributed by atoms with Gasteiger partial charge in [0.05, 0.1) is 13.2 Å². The number of nitrogens with zero attached hydrogens (tertiary/aromatic N) is 4. The molecule has 2 aliphatic heterocycles. The number of primary amides is 1. The van der Waals surface area contributed by atoms with Gasteiger partial charge in [-0.1, -0.05) is 11.6 Å². The van der Waals surface area contributed by atoms with Crippen molar-refractivity contribution in [3.63, 3.8) is 0 Å². The fraction of sp³-hybridized carbons (Fsp3) is 0.429. The fourth-order valence-corrected chi connectivity index (χ4v) is 4.10. The Morgan fingerprint density at radius 3 is 2.69 bits per heavy atom. The average Bonchev–Trinajstić information content (AvgIpc) is 2.78. The van der Waals surface area contributed by atoms with E-state index < -0.39 is 5.91 Å². The van der Waals surface area contributed by atoms with E-state index in [-0.39, 0.29) is 23.3 Å². The molecule has 10 nitrogen and oxygen atoms in total. The Bertz CT molecular complexity index is 1010. The van der Waals surface area contributed by atoms with Crippen LogP contribution in [0.1, 0.15) is 33.6 Å². The van der Waals surface area contributed by atoms with Gasteiger partial charge in [0.25, 0.3) is 11.8 Å². The smallest absolute Gasteiger partial charge is 0.254 e. The second-order valence-electron chi connectivity index (χ2n) is 7.90. The van der Waals surface area contributed by atoms with Crippen molar-refractivity contribution in [1.29, 1.82) is 0 Å². The molecule has 1 aromatic heterocycles. The second-order valence-corrected chi connectivity index (χ2v) is 8.34. The number of morpholine rings is 1. The van der Waals surface area contributed by atoms with Crippen LogP contribution in [-0.4, -0.2) is 72.1 Å². The first-order valence-electron chi connectivity index (χ1n) is 10.5. The Morgan fingerprint density at radius 1 is 1.19 bits per heavy atom. The van der Waals surface area contributed by atoms with E-state index in [0.29, 0.717) is 55.1 Å². The van der Waals surface area contributed by atoms with E-state index in [1.807, 2.05) is 4.90 Å². The highest BCUT2D eigenvalue weighted by molar-refractivity contribution is 6.31. The van der Waals surface area contributed by atoms with Crippen molar-refractivity contribution in [2.24, 2.45) is 11.5 Å². The lowest BCUT2D eigenvalue weighted by Gasteiger charge is -2.31. The number of ether oxygens (including phenoxy) is 1. The van der Waals surface area contributed by atoms with Crippen LogP contribution in [-0.2, 0) is 4.74 Å². The summed E-state index contributed by atoms with van der Waals surface area (Å²) in [4.78, 5) is 37.4. The van der Waals surface area contributed by atoms with Crippen LogP contribution in [0.3, 0.4) is 0 Å². The van der Waals surface area contributed by atoms with Gasteiger partial charge < -0.3 is 31.3 Å². The van der Waals surface area contributed by atoms with Crippen molar-refractivity contribution in [3.05, 3.63) is 40.5 Å². The van der Waals surface area contributed by atoms with Gasteiger partial charge in [0.2, 0.25) is 5.95 Å². The summed E-state index contributed by atoms with van der Waals surface area (Å²) in [7, 11) is 0. The number of anilines is 3. The van der Waals surface area contributed by atoms with Crippen LogP contribution in [0.2, 0.25) is 5.02 Å². The van der Waals surface area contributed by atoms with Gasteiger partial charge in [0.1, 0.15) is 11.4 Å². The van der Waals surface area contributed by atoms with Crippen LogP contribution in [0, 0.1) is 0 Å². The Morgan fingerprint density at radius 2 is 1.97 bits per heavy atom. The highest BCUT2D eigenvalue weighted by Crippen LogP contribution is 2.26. The molecular weight excluding hydrogens is 434 g/mol. The lowest BCUT2D eigenvalue weighted by atomic mass is 10.1. The molecule has 0 aliphatic carbocycles. The first kappa shape index (κ1) is 22.3. The maximum atomic E-state index is 12.9. The lowest BCUT2D eigenvalue weighted by Crippen LogP contribution is -2.43. The number of nitrogens with two attached hydrogens (primary N) is 2. The molecule has 0 bridgehead atoms. The molecule has 2 aromatic rings. The quantitative estimate of drug-likeness (QED) is 0.609. The summed E-state index contributed by atoms with van der Waals surface area (Å²) < 4.78 is 5.31. The normalized spacial score (nSPS) is 19.0. The summed E-state index contributed by atoms with van der Waals surface area (Å²) in [5, 5.41) is 3.47. The van der Waals surface area contributed by atoms with Gasteiger partial charge in [0, 0.05) is 54.7 Å². The minimum Gasteiger partial charge on any atom is -0.378 e. The SMILES string of the molecule is NC(=O)c1cnc(N2CCC[C@H](N)C2)nc1Nc1cc(Cl)cc(C(=O)N2CCOCC2)c1. The zero-order valence-electron chi connectivity index (χ0n) is 17.6. The minimum atomic E-state index is -0.666. The molecule has 170 valence electrons. The summed E-state index contributed by atoms with van der Waals surface area (Å²) in [6.07, 6.45) is 3.28. The maximum Gasteiger partial charge on any atom is 0.254 e. The molecule has 32 heavy (non-hydrogen) atoms. The van der Waals surface area contributed by atoms with Gasteiger partial charge in [-0.15, -0.1) is 0 Å². The van der Waals surface area contributed by atoms with Crippen LogP contribution >= 0.6 is 11.6 Å². The number of amides is 2. The summed E-state index contributed by atoms with van der Waals surface area (Å²) in [5.41, 5.74) is 12.7. The number of nitrogens with one attached hydrogen (secondary N) is 1. The first-order chi connectivity index (χ1) is 15.4. The Hall–Kier alpha value is -2.95. The van der Waals surface area contributed by atoms with Crippen molar-refractivity contribution in [3.8, 4) is 0 Å². The summed E-state index contributed by atoms with van der Waals surface area (Å²) in [5.74, 6) is -0.103. The van der Waals surface area contributed by atoms with Gasteiger partial charge in [-0.05, 0) is 31.0 Å². The number of rotatable bonds is 5. The van der Waals surface area contributed by atoms with E-state index in [0.717, 1.165) is 19.4 Å². The predicted octanol–water partition coefficient (Wildman–Crippen LogP) is 1.37. The van der Waals surface area contributed by atoms with Crippen LogP contribution in [0.25, 0.3) is 0 Å². The summed E-state index contributed by atoms with van der Waals surface area (Å²) in [6.45, 7) is 3.45. The molecule has 2 fully saturated rings. The van der Waals surface area contributed by atoms with Crippen molar-refractivity contribution >= 4 is 40.9 Å². The molecule has 3 heterocycles. The third-order valence-electron chi connectivity index (χ3n) is 5.49. The van der Waals surface area contributed by atoms with Crippen molar-refractivity contribution in [2.75, 3.05) is 49.6 Å². The molecule has 2 amide bonds. The number of hydrogen-bond donors (Lipinski definition) is 3. The minimum absolute atomic E-state index is 0.0428. The highest BCUT2D eigenvalue weighted by atomic mass is 35.5. The number of benzene rings is 1. The second kappa shape index (κ2) is 9.68. The maximum absolute atomic E-state index is 12.9. The fourth-order valence-electron chi connectivity index (χ4n) is 3.86. The van der Waals surface area contributed by atoms with E-state index in [1.165, 1.54) is 6.20 Å². The third-order valence-corrected chi connectivity index (χ3v) is 5.71. The number of aromatic nitrogens is 2. The van der Waals surface area contributed by atoms with Crippen molar-refractivity contribution in [2.45, 2.75) is 18.9 Å². The molecule has 2 aliphatic rings. The third kappa shape index (κ3) is 5.09. The molecule has 5 N–H and O–H groups in total.